The molecule has 0 spiro atoms. The van der Waals surface area contributed by atoms with E-state index in [1.165, 1.54) is 39.5 Å². The average molecular weight is 499 g/mol. The van der Waals surface area contributed by atoms with Crippen molar-refractivity contribution in [2.75, 3.05) is 37.5 Å². The van der Waals surface area contributed by atoms with Crippen molar-refractivity contribution in [2.45, 2.75) is 24.7 Å². The smallest absolute Gasteiger partial charge is 0.264 e. The molecule has 1 amide bonds. The van der Waals surface area contributed by atoms with Gasteiger partial charge in [-0.1, -0.05) is 26.0 Å². The van der Waals surface area contributed by atoms with Crippen LogP contribution < -0.4 is 23.8 Å². The maximum absolute atomic E-state index is 13.7. The van der Waals surface area contributed by atoms with Gasteiger partial charge in [0, 0.05) is 11.8 Å². The predicted octanol–water partition coefficient (Wildman–Crippen LogP) is 4.67. The van der Waals surface area contributed by atoms with Crippen LogP contribution >= 0.6 is 0 Å². The number of ether oxygens (including phenoxy) is 3. The van der Waals surface area contributed by atoms with Crippen LogP contribution in [0.3, 0.4) is 0 Å². The molecule has 8 nitrogen and oxygen atoms in total. The molecule has 0 bridgehead atoms. The minimum absolute atomic E-state index is 0.0416. The Labute approximate surface area is 206 Å². The van der Waals surface area contributed by atoms with E-state index in [0.29, 0.717) is 28.8 Å². The first kappa shape index (κ1) is 25.9. The summed E-state index contributed by atoms with van der Waals surface area (Å²) in [7, 11) is 0.269. The Hall–Kier alpha value is -3.72. The number of hydrogen-bond donors (Lipinski definition) is 1. The number of anilines is 2. The Bertz CT molecular complexity index is 1260. The highest BCUT2D eigenvalue weighted by Gasteiger charge is 2.28. The van der Waals surface area contributed by atoms with Gasteiger partial charge in [-0.3, -0.25) is 9.10 Å². The molecule has 0 aliphatic carbocycles. The Morgan fingerprint density at radius 2 is 1.49 bits per heavy atom. The van der Waals surface area contributed by atoms with Gasteiger partial charge in [0.05, 0.1) is 31.9 Å². The number of methoxy groups -OCH3 is 3. The monoisotopic (exact) mass is 498 g/mol. The van der Waals surface area contributed by atoms with E-state index in [-0.39, 0.29) is 10.6 Å². The lowest BCUT2D eigenvalue weighted by Gasteiger charge is -2.24. The van der Waals surface area contributed by atoms with Crippen LogP contribution in [0.4, 0.5) is 11.4 Å². The largest absolute Gasteiger partial charge is 0.497 e. The van der Waals surface area contributed by atoms with Crippen molar-refractivity contribution in [2.24, 2.45) is 0 Å². The molecular formula is C26H30N2O6S. The van der Waals surface area contributed by atoms with E-state index in [4.69, 9.17) is 14.2 Å². The second-order valence-electron chi connectivity index (χ2n) is 8.05. The SMILES string of the molecule is COc1ccc(N(CC(=O)Nc2ccc(C(C)C)cc2)S(=O)(=O)c2ccc(OC)c(OC)c2)cc1. The zero-order chi connectivity index (χ0) is 25.6. The third-order valence-electron chi connectivity index (χ3n) is 5.45. The first-order chi connectivity index (χ1) is 16.7. The second kappa shape index (κ2) is 11.1. The summed E-state index contributed by atoms with van der Waals surface area (Å²) < 4.78 is 44.1. The molecule has 0 unspecified atom stereocenters. The highest BCUT2D eigenvalue weighted by atomic mass is 32.2. The fourth-order valence-corrected chi connectivity index (χ4v) is 4.89. The summed E-state index contributed by atoms with van der Waals surface area (Å²) in [5.74, 6) is 1.09. The molecule has 3 rings (SSSR count). The molecule has 35 heavy (non-hydrogen) atoms. The number of rotatable bonds is 10. The number of hydrogen-bond acceptors (Lipinski definition) is 6. The summed E-state index contributed by atoms with van der Waals surface area (Å²) >= 11 is 0. The fraction of sp³-hybridized carbons (Fsp3) is 0.269. The molecular weight excluding hydrogens is 468 g/mol. The van der Waals surface area contributed by atoms with Gasteiger partial charge in [-0.05, 0) is 60.0 Å². The van der Waals surface area contributed by atoms with Crippen LogP contribution in [0.2, 0.25) is 0 Å². The van der Waals surface area contributed by atoms with Gasteiger partial charge >= 0.3 is 0 Å². The highest BCUT2D eigenvalue weighted by molar-refractivity contribution is 7.92. The van der Waals surface area contributed by atoms with Crippen LogP contribution in [-0.2, 0) is 14.8 Å². The number of nitrogens with one attached hydrogen (secondary N) is 1. The quantitative estimate of drug-likeness (QED) is 0.437. The third-order valence-corrected chi connectivity index (χ3v) is 7.22. The Morgan fingerprint density at radius 3 is 2.03 bits per heavy atom. The summed E-state index contributed by atoms with van der Waals surface area (Å²) in [4.78, 5) is 12.9. The molecule has 0 heterocycles. The first-order valence-electron chi connectivity index (χ1n) is 11.0. The van der Waals surface area contributed by atoms with Crippen LogP contribution in [0.5, 0.6) is 17.2 Å². The summed E-state index contributed by atoms with van der Waals surface area (Å²) in [5.41, 5.74) is 2.03. The second-order valence-corrected chi connectivity index (χ2v) is 9.91. The van der Waals surface area contributed by atoms with E-state index in [9.17, 15) is 13.2 Å². The molecule has 0 saturated heterocycles. The van der Waals surface area contributed by atoms with Gasteiger partial charge in [0.2, 0.25) is 5.91 Å². The zero-order valence-corrected chi connectivity index (χ0v) is 21.3. The van der Waals surface area contributed by atoms with Gasteiger partial charge in [-0.15, -0.1) is 0 Å². The minimum atomic E-state index is -4.14. The molecule has 186 valence electrons. The maximum atomic E-state index is 13.7. The van der Waals surface area contributed by atoms with Gasteiger partial charge in [0.25, 0.3) is 10.0 Å². The van der Waals surface area contributed by atoms with Gasteiger partial charge in [-0.2, -0.15) is 0 Å². The lowest BCUT2D eigenvalue weighted by molar-refractivity contribution is -0.114. The van der Waals surface area contributed by atoms with Crippen LogP contribution in [0, 0.1) is 0 Å². The number of benzene rings is 3. The Kier molecular flexibility index (Phi) is 8.24. The molecule has 3 aromatic carbocycles. The number of carbonyl (C=O) groups is 1. The minimum Gasteiger partial charge on any atom is -0.497 e. The summed E-state index contributed by atoms with van der Waals surface area (Å²) in [6.45, 7) is 3.73. The average Bonchev–Trinajstić information content (AvgIpc) is 2.87. The number of carbonyl (C=O) groups excluding carboxylic acids is 1. The van der Waals surface area contributed by atoms with E-state index < -0.39 is 22.5 Å². The summed E-state index contributed by atoms with van der Waals surface area (Å²) in [6.07, 6.45) is 0. The van der Waals surface area contributed by atoms with Crippen molar-refractivity contribution in [3.63, 3.8) is 0 Å². The molecule has 0 radical (unpaired) electrons. The molecule has 9 heteroatoms. The van der Waals surface area contributed by atoms with Crippen LogP contribution in [0.25, 0.3) is 0 Å². The normalized spacial score (nSPS) is 11.1. The Morgan fingerprint density at radius 1 is 0.857 bits per heavy atom. The standard InChI is InChI=1S/C26H30N2O6S/c1-18(2)19-6-8-20(9-7-19)27-26(29)17-28(21-10-12-22(32-3)13-11-21)35(30,31)23-14-15-24(33-4)25(16-23)34-5/h6-16,18H,17H2,1-5H3,(H,27,29). The number of nitrogens with zero attached hydrogens (tertiary/aromatic N) is 1. The third kappa shape index (κ3) is 6.05. The lowest BCUT2D eigenvalue weighted by Crippen LogP contribution is -2.38. The van der Waals surface area contributed by atoms with Crippen molar-refractivity contribution in [3.05, 3.63) is 72.3 Å². The van der Waals surface area contributed by atoms with Crippen LogP contribution in [0.1, 0.15) is 25.3 Å². The van der Waals surface area contributed by atoms with E-state index in [1.807, 2.05) is 12.1 Å². The van der Waals surface area contributed by atoms with Crippen molar-refractivity contribution < 1.29 is 27.4 Å². The first-order valence-corrected chi connectivity index (χ1v) is 12.4. The summed E-state index contributed by atoms with van der Waals surface area (Å²) in [6, 6.07) is 18.2. The molecule has 1 N–H and O–H groups in total. The van der Waals surface area contributed by atoms with Crippen molar-refractivity contribution in [1.82, 2.24) is 0 Å². The number of sulfonamides is 1. The van der Waals surface area contributed by atoms with Gasteiger partial charge < -0.3 is 19.5 Å². The van der Waals surface area contributed by atoms with Crippen molar-refractivity contribution in [3.8, 4) is 17.2 Å². The van der Waals surface area contributed by atoms with Gasteiger partial charge in [0.1, 0.15) is 12.3 Å². The van der Waals surface area contributed by atoms with E-state index in [0.717, 1.165) is 9.87 Å². The maximum Gasteiger partial charge on any atom is 0.264 e. The van der Waals surface area contributed by atoms with E-state index in [2.05, 4.69) is 19.2 Å². The van der Waals surface area contributed by atoms with Crippen LogP contribution in [-0.4, -0.2) is 42.2 Å². The topological polar surface area (TPSA) is 94.2 Å². The summed E-state index contributed by atoms with van der Waals surface area (Å²) in [5, 5.41) is 2.78. The molecule has 0 aliphatic heterocycles. The van der Waals surface area contributed by atoms with Crippen LogP contribution in [0.15, 0.2) is 71.6 Å². The molecule has 0 atom stereocenters. The fourth-order valence-electron chi connectivity index (χ4n) is 3.45. The van der Waals surface area contributed by atoms with Crippen molar-refractivity contribution in [1.29, 1.82) is 0 Å². The molecule has 0 aromatic heterocycles. The molecule has 3 aromatic rings. The highest BCUT2D eigenvalue weighted by Crippen LogP contribution is 2.32. The lowest BCUT2D eigenvalue weighted by atomic mass is 10.0. The zero-order valence-electron chi connectivity index (χ0n) is 20.4. The van der Waals surface area contributed by atoms with E-state index in [1.54, 1.807) is 36.4 Å². The number of amides is 1. The molecule has 0 saturated carbocycles. The van der Waals surface area contributed by atoms with Gasteiger partial charge in [0.15, 0.2) is 11.5 Å². The molecule has 0 aliphatic rings. The predicted molar refractivity (Wildman–Crippen MR) is 136 cm³/mol. The Balaban J connectivity index is 1.95. The van der Waals surface area contributed by atoms with Crippen molar-refractivity contribution >= 4 is 27.3 Å². The van der Waals surface area contributed by atoms with Gasteiger partial charge in [-0.25, -0.2) is 8.42 Å². The van der Waals surface area contributed by atoms with E-state index >= 15 is 0 Å². The molecule has 0 fully saturated rings.